The van der Waals surface area contributed by atoms with Crippen molar-refractivity contribution in [2.75, 3.05) is 5.32 Å². The average molecular weight is 359 g/mol. The fourth-order valence-corrected chi connectivity index (χ4v) is 2.70. The first-order valence-corrected chi connectivity index (χ1v) is 7.95. The number of benzene rings is 2. The third kappa shape index (κ3) is 3.61. The summed E-state index contributed by atoms with van der Waals surface area (Å²) in [5, 5.41) is 12.8. The summed E-state index contributed by atoms with van der Waals surface area (Å²) in [6.45, 7) is 0. The highest BCUT2D eigenvalue weighted by Crippen LogP contribution is 2.49. The van der Waals surface area contributed by atoms with Gasteiger partial charge in [-0.15, -0.1) is 0 Å². The largest absolute Gasteiger partial charge is 0.359 e. The number of carbonyl (C=O) groups is 1. The van der Waals surface area contributed by atoms with E-state index < -0.39 is 28.8 Å². The molecule has 3 rings (SSSR count). The predicted octanol–water partition coefficient (Wildman–Crippen LogP) is 3.85. The Hall–Kier alpha value is -3.09. The summed E-state index contributed by atoms with van der Waals surface area (Å²) >= 11 is 0. The maximum Gasteiger partial charge on any atom is 0.236 e. The molecule has 0 aromatic heterocycles. The van der Waals surface area contributed by atoms with E-state index in [1.807, 2.05) is 0 Å². The van der Waals surface area contributed by atoms with Gasteiger partial charge in [0.25, 0.3) is 0 Å². The van der Waals surface area contributed by atoms with Crippen LogP contribution < -0.4 is 10.6 Å². The monoisotopic (exact) mass is 359 g/mol. The number of nitrogens with one attached hydrogen (secondary N) is 3. The lowest BCUT2D eigenvalue weighted by Gasteiger charge is -2.16. The van der Waals surface area contributed by atoms with Gasteiger partial charge < -0.3 is 10.6 Å². The highest BCUT2D eigenvalue weighted by molar-refractivity contribution is 6.07. The molecule has 0 radical (unpaired) electrons. The molecule has 7 heteroatoms. The number of carbonyl (C=O) groups excluding carboxylic acids is 1. The van der Waals surface area contributed by atoms with E-state index in [9.17, 15) is 18.0 Å². The Morgan fingerprint density at radius 3 is 2.46 bits per heavy atom. The highest BCUT2D eigenvalue weighted by Gasteiger charge is 2.52. The first-order valence-electron chi connectivity index (χ1n) is 7.95. The van der Waals surface area contributed by atoms with Crippen LogP contribution in [0.25, 0.3) is 0 Å². The van der Waals surface area contributed by atoms with E-state index >= 15 is 0 Å². The van der Waals surface area contributed by atoms with Crippen molar-refractivity contribution in [2.45, 2.75) is 18.3 Å². The minimum absolute atomic E-state index is 0.0341. The van der Waals surface area contributed by atoms with Crippen LogP contribution in [-0.4, -0.2) is 11.7 Å². The molecule has 1 aliphatic rings. The molecule has 26 heavy (non-hydrogen) atoms. The molecule has 0 unspecified atom stereocenters. The predicted molar refractivity (Wildman–Crippen MR) is 92.3 cm³/mol. The summed E-state index contributed by atoms with van der Waals surface area (Å²) in [4.78, 5) is 12.4. The second kappa shape index (κ2) is 7.03. The van der Waals surface area contributed by atoms with Crippen LogP contribution in [0.1, 0.15) is 18.4 Å². The summed E-state index contributed by atoms with van der Waals surface area (Å²) in [5.41, 5.74) is -0.588. The van der Waals surface area contributed by atoms with Crippen molar-refractivity contribution >= 4 is 17.4 Å². The van der Waals surface area contributed by atoms with Crippen LogP contribution in [0.2, 0.25) is 0 Å². The van der Waals surface area contributed by atoms with Crippen molar-refractivity contribution in [1.82, 2.24) is 5.32 Å². The Bertz CT molecular complexity index is 891. The van der Waals surface area contributed by atoms with Gasteiger partial charge in [-0.2, -0.15) is 0 Å². The molecular formula is C19H16F3N3O. The minimum Gasteiger partial charge on any atom is -0.359 e. The maximum absolute atomic E-state index is 14.0. The molecule has 1 fully saturated rings. The van der Waals surface area contributed by atoms with Crippen LogP contribution in [0.4, 0.5) is 18.9 Å². The zero-order valence-electron chi connectivity index (χ0n) is 13.7. The van der Waals surface area contributed by atoms with Gasteiger partial charge >= 0.3 is 0 Å². The summed E-state index contributed by atoms with van der Waals surface area (Å²) in [6.07, 6.45) is 3.49. The Morgan fingerprint density at radius 2 is 1.81 bits per heavy atom. The van der Waals surface area contributed by atoms with Crippen LogP contribution >= 0.6 is 0 Å². The van der Waals surface area contributed by atoms with Crippen molar-refractivity contribution in [3.05, 3.63) is 77.8 Å². The Balaban J connectivity index is 1.61. The molecular weight excluding hydrogens is 343 g/mol. The molecule has 2 aromatic carbocycles. The van der Waals surface area contributed by atoms with Crippen molar-refractivity contribution in [2.24, 2.45) is 0 Å². The number of anilines is 1. The first kappa shape index (κ1) is 17.7. The lowest BCUT2D eigenvalue weighted by atomic mass is 9.94. The second-order valence-electron chi connectivity index (χ2n) is 6.03. The van der Waals surface area contributed by atoms with Gasteiger partial charge in [-0.1, -0.05) is 18.2 Å². The van der Waals surface area contributed by atoms with Crippen LogP contribution in [0, 0.1) is 22.9 Å². The molecule has 0 spiro atoms. The minimum atomic E-state index is -0.942. The van der Waals surface area contributed by atoms with Gasteiger partial charge in [0.1, 0.15) is 23.3 Å². The van der Waals surface area contributed by atoms with Crippen molar-refractivity contribution in [3.8, 4) is 0 Å². The van der Waals surface area contributed by atoms with Gasteiger partial charge in [0.15, 0.2) is 0 Å². The molecule has 3 N–H and O–H groups in total. The normalized spacial score (nSPS) is 14.9. The summed E-state index contributed by atoms with van der Waals surface area (Å²) < 4.78 is 40.3. The zero-order valence-corrected chi connectivity index (χ0v) is 13.7. The quantitative estimate of drug-likeness (QED) is 0.561. The molecule has 0 aliphatic heterocycles. The van der Waals surface area contributed by atoms with Crippen LogP contribution in [-0.2, 0) is 10.2 Å². The number of amidine groups is 1. The maximum atomic E-state index is 14.0. The summed E-state index contributed by atoms with van der Waals surface area (Å²) in [5.74, 6) is -2.60. The topological polar surface area (TPSA) is 65.0 Å². The van der Waals surface area contributed by atoms with Gasteiger partial charge in [0.2, 0.25) is 5.91 Å². The highest BCUT2D eigenvalue weighted by atomic mass is 19.1. The van der Waals surface area contributed by atoms with E-state index in [0.717, 1.165) is 12.1 Å². The molecule has 1 saturated carbocycles. The van der Waals surface area contributed by atoms with Gasteiger partial charge in [-0.25, -0.2) is 13.2 Å². The summed E-state index contributed by atoms with van der Waals surface area (Å²) in [7, 11) is 0. The lowest BCUT2D eigenvalue weighted by molar-refractivity contribution is -0.122. The molecule has 0 bridgehead atoms. The third-order valence-electron chi connectivity index (χ3n) is 4.24. The lowest BCUT2D eigenvalue weighted by Crippen LogP contribution is -2.38. The number of rotatable bonds is 5. The SMILES string of the molecule is N=C(/C=C\Nc1ccc(F)cc1F)NC(=O)C1(c2ccccc2F)CC1. The Labute approximate surface area is 148 Å². The van der Waals surface area contributed by atoms with Crippen LogP contribution in [0.15, 0.2) is 54.7 Å². The fraction of sp³-hybridized carbons (Fsp3) is 0.158. The molecule has 0 heterocycles. The van der Waals surface area contributed by atoms with Crippen LogP contribution in [0.3, 0.4) is 0 Å². The smallest absolute Gasteiger partial charge is 0.236 e. The van der Waals surface area contributed by atoms with Crippen molar-refractivity contribution in [1.29, 1.82) is 5.41 Å². The van der Waals surface area contributed by atoms with Gasteiger partial charge in [-0.3, -0.25) is 10.2 Å². The first-order chi connectivity index (χ1) is 12.4. The molecule has 4 nitrogen and oxygen atoms in total. The van der Waals surface area contributed by atoms with E-state index in [-0.39, 0.29) is 11.5 Å². The number of amides is 1. The molecule has 1 amide bonds. The van der Waals surface area contributed by atoms with Crippen LogP contribution in [0.5, 0.6) is 0 Å². The zero-order chi connectivity index (χ0) is 18.7. The Morgan fingerprint density at radius 1 is 1.08 bits per heavy atom. The van der Waals surface area contributed by atoms with Crippen molar-refractivity contribution < 1.29 is 18.0 Å². The van der Waals surface area contributed by atoms with E-state index in [1.54, 1.807) is 18.2 Å². The Kier molecular flexibility index (Phi) is 4.79. The molecule has 134 valence electrons. The summed E-state index contributed by atoms with van der Waals surface area (Å²) in [6, 6.07) is 9.13. The second-order valence-corrected chi connectivity index (χ2v) is 6.03. The number of hydrogen-bond donors (Lipinski definition) is 3. The molecule has 2 aromatic rings. The van der Waals surface area contributed by atoms with E-state index in [1.165, 1.54) is 24.4 Å². The molecule has 1 aliphatic carbocycles. The molecule has 0 saturated heterocycles. The fourth-order valence-electron chi connectivity index (χ4n) is 2.70. The number of hydrogen-bond acceptors (Lipinski definition) is 3. The standard InChI is InChI=1S/C19H16F3N3O/c20-12-5-6-16(15(22)11-12)24-10-7-17(23)25-18(26)19(8-9-19)13-3-1-2-4-14(13)21/h1-7,10-11,24H,8-9H2,(H2,23,25,26)/b10-7-. The van der Waals surface area contributed by atoms with E-state index in [0.29, 0.717) is 18.4 Å². The number of halogens is 3. The average Bonchev–Trinajstić information content (AvgIpc) is 3.39. The third-order valence-corrected chi connectivity index (χ3v) is 4.24. The van der Waals surface area contributed by atoms with E-state index in [2.05, 4.69) is 10.6 Å². The molecule has 0 atom stereocenters. The van der Waals surface area contributed by atoms with Gasteiger partial charge in [0.05, 0.1) is 11.1 Å². The van der Waals surface area contributed by atoms with Crippen molar-refractivity contribution in [3.63, 3.8) is 0 Å². The van der Waals surface area contributed by atoms with Gasteiger partial charge in [-0.05, 0) is 37.1 Å². The van der Waals surface area contributed by atoms with Gasteiger partial charge in [0, 0.05) is 17.8 Å². The van der Waals surface area contributed by atoms with E-state index in [4.69, 9.17) is 5.41 Å².